The van der Waals surface area contributed by atoms with Crippen LogP contribution in [0.2, 0.25) is 0 Å². The highest BCUT2D eigenvalue weighted by atomic mass is 16.4. The number of hydrogen-bond acceptors (Lipinski definition) is 2. The SMILES string of the molecule is CCCCCCC=CCCCC1C=CC(Cc2ccccc2)C(C(C(=O)O)C(C)O)C1. The molecule has 0 aromatic heterocycles. The Morgan fingerprint density at radius 2 is 1.77 bits per heavy atom. The molecule has 0 heterocycles. The summed E-state index contributed by atoms with van der Waals surface area (Å²) in [4.78, 5) is 12.0. The molecule has 0 radical (unpaired) electrons. The van der Waals surface area contributed by atoms with E-state index in [1.165, 1.54) is 37.7 Å². The summed E-state index contributed by atoms with van der Waals surface area (Å²) >= 11 is 0. The molecule has 3 heteroatoms. The molecule has 172 valence electrons. The van der Waals surface area contributed by atoms with Gasteiger partial charge in [0.15, 0.2) is 0 Å². The van der Waals surface area contributed by atoms with Gasteiger partial charge in [0.1, 0.15) is 0 Å². The standard InChI is InChI=1S/C28H42O3/c1-3-4-5-6-7-8-9-10-12-17-24-18-19-25(20-23-15-13-11-14-16-23)26(21-24)27(22(2)29)28(30)31/h8-9,11,13-16,18-19,22,24-27,29H,3-7,10,12,17,20-21H2,1-2H3,(H,30,31). The van der Waals surface area contributed by atoms with Gasteiger partial charge in [-0.3, -0.25) is 4.79 Å². The van der Waals surface area contributed by atoms with E-state index in [0.717, 1.165) is 32.1 Å². The van der Waals surface area contributed by atoms with E-state index in [4.69, 9.17) is 0 Å². The second-order valence-electron chi connectivity index (χ2n) is 9.25. The Labute approximate surface area is 189 Å². The largest absolute Gasteiger partial charge is 0.481 e. The fourth-order valence-corrected chi connectivity index (χ4v) is 4.95. The van der Waals surface area contributed by atoms with Gasteiger partial charge >= 0.3 is 5.97 Å². The molecule has 5 atom stereocenters. The third-order valence-corrected chi connectivity index (χ3v) is 6.67. The average Bonchev–Trinajstić information content (AvgIpc) is 2.74. The number of aliphatic hydroxyl groups is 1. The van der Waals surface area contributed by atoms with Gasteiger partial charge < -0.3 is 10.2 Å². The van der Waals surface area contributed by atoms with Crippen LogP contribution in [0.3, 0.4) is 0 Å². The van der Waals surface area contributed by atoms with Gasteiger partial charge in [0.2, 0.25) is 0 Å². The smallest absolute Gasteiger partial charge is 0.309 e. The highest BCUT2D eigenvalue weighted by molar-refractivity contribution is 5.71. The van der Waals surface area contributed by atoms with Crippen molar-refractivity contribution in [3.63, 3.8) is 0 Å². The first-order valence-corrected chi connectivity index (χ1v) is 12.3. The molecule has 0 aliphatic heterocycles. The number of carbonyl (C=O) groups is 1. The first-order valence-electron chi connectivity index (χ1n) is 12.3. The van der Waals surface area contributed by atoms with Crippen LogP contribution in [0.4, 0.5) is 0 Å². The van der Waals surface area contributed by atoms with Crippen molar-refractivity contribution in [3.05, 3.63) is 60.2 Å². The third-order valence-electron chi connectivity index (χ3n) is 6.67. The maximum absolute atomic E-state index is 12.0. The topological polar surface area (TPSA) is 57.5 Å². The summed E-state index contributed by atoms with van der Waals surface area (Å²) in [6.45, 7) is 3.86. The Morgan fingerprint density at radius 3 is 2.42 bits per heavy atom. The number of carboxylic acid groups (broad SMARTS) is 1. The van der Waals surface area contributed by atoms with Crippen molar-refractivity contribution < 1.29 is 15.0 Å². The first-order chi connectivity index (χ1) is 15.0. The number of allylic oxidation sites excluding steroid dienone is 4. The number of aliphatic carboxylic acids is 1. The van der Waals surface area contributed by atoms with Crippen LogP contribution in [0, 0.1) is 23.7 Å². The minimum atomic E-state index is -0.877. The number of carboxylic acids is 1. The molecule has 2 rings (SSSR count). The van der Waals surface area contributed by atoms with E-state index in [0.29, 0.717) is 5.92 Å². The van der Waals surface area contributed by atoms with E-state index in [2.05, 4.69) is 43.4 Å². The molecule has 1 aromatic carbocycles. The van der Waals surface area contributed by atoms with Gasteiger partial charge in [-0.15, -0.1) is 0 Å². The summed E-state index contributed by atoms with van der Waals surface area (Å²) in [7, 11) is 0. The molecule has 3 nitrogen and oxygen atoms in total. The normalized spacial score (nSPS) is 23.1. The van der Waals surface area contributed by atoms with Crippen LogP contribution >= 0.6 is 0 Å². The molecular weight excluding hydrogens is 384 g/mol. The maximum Gasteiger partial charge on any atom is 0.309 e. The van der Waals surface area contributed by atoms with Crippen molar-refractivity contribution in [1.29, 1.82) is 0 Å². The molecule has 5 unspecified atom stereocenters. The summed E-state index contributed by atoms with van der Waals surface area (Å²) in [6.07, 6.45) is 19.7. The van der Waals surface area contributed by atoms with Crippen molar-refractivity contribution in [2.75, 3.05) is 0 Å². The zero-order valence-corrected chi connectivity index (χ0v) is 19.5. The van der Waals surface area contributed by atoms with E-state index in [9.17, 15) is 15.0 Å². The van der Waals surface area contributed by atoms with E-state index in [1.807, 2.05) is 18.2 Å². The van der Waals surface area contributed by atoms with Crippen LogP contribution < -0.4 is 0 Å². The molecule has 0 saturated heterocycles. The van der Waals surface area contributed by atoms with Gasteiger partial charge in [0.05, 0.1) is 12.0 Å². The lowest BCUT2D eigenvalue weighted by molar-refractivity contribution is -0.149. The second kappa shape index (κ2) is 14.2. The summed E-state index contributed by atoms with van der Waals surface area (Å²) in [5.74, 6) is -1.09. The molecule has 1 aliphatic rings. The van der Waals surface area contributed by atoms with E-state index in [-0.39, 0.29) is 11.8 Å². The highest BCUT2D eigenvalue weighted by Crippen LogP contribution is 2.39. The third kappa shape index (κ3) is 9.03. The molecule has 0 amide bonds. The van der Waals surface area contributed by atoms with Crippen molar-refractivity contribution in [2.24, 2.45) is 23.7 Å². The molecule has 0 fully saturated rings. The first kappa shape index (κ1) is 25.4. The Balaban J connectivity index is 1.92. The number of unbranched alkanes of at least 4 members (excludes halogenated alkanes) is 5. The Hall–Kier alpha value is -1.87. The summed E-state index contributed by atoms with van der Waals surface area (Å²) in [5.41, 5.74) is 1.22. The Kier molecular flexibility index (Phi) is 11.7. The summed E-state index contributed by atoms with van der Waals surface area (Å²) in [6, 6.07) is 10.3. The average molecular weight is 427 g/mol. The van der Waals surface area contributed by atoms with Crippen LogP contribution in [0.25, 0.3) is 0 Å². The van der Waals surface area contributed by atoms with Crippen molar-refractivity contribution in [3.8, 4) is 0 Å². The quantitative estimate of drug-likeness (QED) is 0.253. The van der Waals surface area contributed by atoms with Crippen molar-refractivity contribution in [1.82, 2.24) is 0 Å². The number of hydrogen-bond donors (Lipinski definition) is 2. The summed E-state index contributed by atoms with van der Waals surface area (Å²) < 4.78 is 0. The molecular formula is C28H42O3. The minimum Gasteiger partial charge on any atom is -0.481 e. The van der Waals surface area contributed by atoms with Crippen LogP contribution in [-0.2, 0) is 11.2 Å². The van der Waals surface area contributed by atoms with E-state index >= 15 is 0 Å². The van der Waals surface area contributed by atoms with Gasteiger partial charge in [-0.1, -0.05) is 80.8 Å². The zero-order chi connectivity index (χ0) is 22.5. The van der Waals surface area contributed by atoms with Gasteiger partial charge in [0, 0.05) is 0 Å². The number of rotatable bonds is 14. The van der Waals surface area contributed by atoms with Crippen molar-refractivity contribution >= 4 is 5.97 Å². The molecule has 1 aromatic rings. The van der Waals surface area contributed by atoms with Crippen LogP contribution in [0.1, 0.15) is 77.2 Å². The lowest BCUT2D eigenvalue weighted by Crippen LogP contribution is -2.39. The molecule has 0 spiro atoms. The predicted molar refractivity (Wildman–Crippen MR) is 129 cm³/mol. The molecule has 0 bridgehead atoms. The molecule has 2 N–H and O–H groups in total. The van der Waals surface area contributed by atoms with Crippen molar-refractivity contribution in [2.45, 2.75) is 84.2 Å². The van der Waals surface area contributed by atoms with Crippen LogP contribution in [-0.4, -0.2) is 22.3 Å². The molecule has 1 aliphatic carbocycles. The lowest BCUT2D eigenvalue weighted by atomic mass is 9.68. The monoisotopic (exact) mass is 426 g/mol. The highest BCUT2D eigenvalue weighted by Gasteiger charge is 2.39. The van der Waals surface area contributed by atoms with Crippen LogP contribution in [0.5, 0.6) is 0 Å². The van der Waals surface area contributed by atoms with E-state index < -0.39 is 18.0 Å². The fraction of sp³-hybridized carbons (Fsp3) is 0.607. The number of aliphatic hydroxyl groups excluding tert-OH is 1. The summed E-state index contributed by atoms with van der Waals surface area (Å²) in [5, 5.41) is 20.1. The fourth-order valence-electron chi connectivity index (χ4n) is 4.95. The van der Waals surface area contributed by atoms with Gasteiger partial charge in [0.25, 0.3) is 0 Å². The molecule has 31 heavy (non-hydrogen) atoms. The maximum atomic E-state index is 12.0. The second-order valence-corrected chi connectivity index (χ2v) is 9.25. The Morgan fingerprint density at radius 1 is 1.06 bits per heavy atom. The van der Waals surface area contributed by atoms with E-state index in [1.54, 1.807) is 6.92 Å². The van der Waals surface area contributed by atoms with Crippen LogP contribution in [0.15, 0.2) is 54.6 Å². The molecule has 0 saturated carbocycles. The predicted octanol–water partition coefficient (Wildman–Crippen LogP) is 6.82. The van der Waals surface area contributed by atoms with Gasteiger partial charge in [-0.05, 0) is 75.2 Å². The van der Waals surface area contributed by atoms with Gasteiger partial charge in [-0.25, -0.2) is 0 Å². The number of benzene rings is 1. The Bertz CT molecular complexity index is 677. The van der Waals surface area contributed by atoms with Gasteiger partial charge in [-0.2, -0.15) is 0 Å². The lowest BCUT2D eigenvalue weighted by Gasteiger charge is -2.37. The minimum absolute atomic E-state index is 0.0400. The zero-order valence-electron chi connectivity index (χ0n) is 19.5.